The molecule has 1 N–H and O–H groups in total. The Bertz CT molecular complexity index is 605. The lowest BCUT2D eigenvalue weighted by Gasteiger charge is -2.00. The van der Waals surface area contributed by atoms with Gasteiger partial charge in [-0.05, 0) is 36.8 Å². The van der Waals surface area contributed by atoms with E-state index < -0.39 is 4.92 Å². The van der Waals surface area contributed by atoms with Crippen LogP contribution in [0.5, 0.6) is 0 Å². The molecular formula is C13H12N2O3S. The van der Waals surface area contributed by atoms with Gasteiger partial charge in [0, 0.05) is 17.0 Å². The minimum Gasteiger partial charge on any atom is -0.477 e. The van der Waals surface area contributed by atoms with Crippen LogP contribution in [0.1, 0.15) is 11.8 Å². The first-order chi connectivity index (χ1) is 9.11. The highest BCUT2D eigenvalue weighted by atomic mass is 32.1. The molecule has 0 atom stereocenters. The van der Waals surface area contributed by atoms with Crippen LogP contribution in [0.2, 0.25) is 0 Å². The Kier molecular flexibility index (Phi) is 3.91. The van der Waals surface area contributed by atoms with E-state index in [2.05, 4.69) is 0 Å². The van der Waals surface area contributed by atoms with Gasteiger partial charge >= 0.3 is 0 Å². The van der Waals surface area contributed by atoms with E-state index >= 15 is 0 Å². The lowest BCUT2D eigenvalue weighted by Crippen LogP contribution is -2.01. The number of thiophene rings is 1. The molecule has 0 fully saturated rings. The van der Waals surface area contributed by atoms with Gasteiger partial charge in [-0.15, -0.1) is 11.3 Å². The van der Waals surface area contributed by atoms with Crippen LogP contribution in [-0.4, -0.2) is 17.4 Å². The molecule has 0 radical (unpaired) electrons. The van der Waals surface area contributed by atoms with Crippen molar-refractivity contribution < 1.29 is 9.66 Å². The quantitative estimate of drug-likeness (QED) is 0.400. The molecular weight excluding hydrogens is 264 g/mol. The molecule has 2 rings (SSSR count). The zero-order chi connectivity index (χ0) is 13.8. The molecule has 0 saturated carbocycles. The van der Waals surface area contributed by atoms with Gasteiger partial charge in [-0.3, -0.25) is 15.5 Å². The number of hydrogen-bond acceptors (Lipinski definition) is 5. The van der Waals surface area contributed by atoms with Crippen molar-refractivity contribution in [1.29, 1.82) is 5.41 Å². The highest BCUT2D eigenvalue weighted by Crippen LogP contribution is 2.29. The highest BCUT2D eigenvalue weighted by Gasteiger charge is 2.09. The third kappa shape index (κ3) is 2.97. The predicted molar refractivity (Wildman–Crippen MR) is 74.9 cm³/mol. The van der Waals surface area contributed by atoms with Gasteiger partial charge in [0.05, 0.1) is 16.4 Å². The van der Waals surface area contributed by atoms with E-state index in [1.54, 1.807) is 12.1 Å². The summed E-state index contributed by atoms with van der Waals surface area (Å²) < 4.78 is 5.13. The lowest BCUT2D eigenvalue weighted by molar-refractivity contribution is -0.384. The van der Waals surface area contributed by atoms with E-state index in [-0.39, 0.29) is 11.6 Å². The van der Waals surface area contributed by atoms with Crippen LogP contribution in [0.4, 0.5) is 5.69 Å². The van der Waals surface area contributed by atoms with E-state index in [9.17, 15) is 10.1 Å². The maximum atomic E-state index is 10.6. The SMILES string of the molecule is CCOC(=N)c1ccc(-c2ccc([N+](=O)[O-])cc2)s1. The van der Waals surface area contributed by atoms with Crippen molar-refractivity contribution in [2.45, 2.75) is 6.92 Å². The minimum absolute atomic E-state index is 0.0718. The fourth-order valence-electron chi connectivity index (χ4n) is 1.58. The van der Waals surface area contributed by atoms with Gasteiger partial charge in [0.2, 0.25) is 5.90 Å². The molecule has 1 aromatic heterocycles. The first kappa shape index (κ1) is 13.2. The Morgan fingerprint density at radius 1 is 1.32 bits per heavy atom. The molecule has 6 heteroatoms. The number of nitro groups is 1. The fraction of sp³-hybridized carbons (Fsp3) is 0.154. The van der Waals surface area contributed by atoms with E-state index in [0.717, 1.165) is 15.3 Å². The average molecular weight is 276 g/mol. The summed E-state index contributed by atoms with van der Waals surface area (Å²) in [6, 6.07) is 10.1. The van der Waals surface area contributed by atoms with Crippen molar-refractivity contribution in [3.05, 3.63) is 51.4 Å². The van der Waals surface area contributed by atoms with Gasteiger partial charge in [0.25, 0.3) is 5.69 Å². The maximum Gasteiger partial charge on any atom is 0.269 e. The molecule has 98 valence electrons. The molecule has 0 unspecified atom stereocenters. The van der Waals surface area contributed by atoms with Gasteiger partial charge in [0.15, 0.2) is 0 Å². The summed E-state index contributed by atoms with van der Waals surface area (Å²) in [6.45, 7) is 2.29. The van der Waals surface area contributed by atoms with Crippen molar-refractivity contribution >= 4 is 22.9 Å². The van der Waals surface area contributed by atoms with Crippen LogP contribution in [0.3, 0.4) is 0 Å². The van der Waals surface area contributed by atoms with Gasteiger partial charge in [0.1, 0.15) is 0 Å². The first-order valence-electron chi connectivity index (χ1n) is 5.68. The first-order valence-corrected chi connectivity index (χ1v) is 6.50. The van der Waals surface area contributed by atoms with Crippen LogP contribution in [0.15, 0.2) is 36.4 Å². The molecule has 2 aromatic rings. The second-order valence-electron chi connectivity index (χ2n) is 3.73. The van der Waals surface area contributed by atoms with Crippen molar-refractivity contribution in [3.8, 4) is 10.4 Å². The molecule has 1 aromatic carbocycles. The van der Waals surface area contributed by atoms with Gasteiger partial charge in [-0.1, -0.05) is 0 Å². The second kappa shape index (κ2) is 5.62. The van der Waals surface area contributed by atoms with Crippen LogP contribution < -0.4 is 0 Å². The van der Waals surface area contributed by atoms with Crippen molar-refractivity contribution in [3.63, 3.8) is 0 Å². The van der Waals surface area contributed by atoms with Gasteiger partial charge in [-0.25, -0.2) is 0 Å². The fourth-order valence-corrected chi connectivity index (χ4v) is 2.49. The second-order valence-corrected chi connectivity index (χ2v) is 4.81. The lowest BCUT2D eigenvalue weighted by atomic mass is 10.2. The molecule has 0 aliphatic rings. The average Bonchev–Trinajstić information content (AvgIpc) is 2.89. The predicted octanol–water partition coefficient (Wildman–Crippen LogP) is 3.69. The number of benzene rings is 1. The smallest absolute Gasteiger partial charge is 0.269 e. The number of nitrogens with zero attached hydrogens (tertiary/aromatic N) is 1. The zero-order valence-electron chi connectivity index (χ0n) is 10.3. The van der Waals surface area contributed by atoms with Crippen LogP contribution in [0, 0.1) is 15.5 Å². The molecule has 0 aliphatic carbocycles. The molecule has 0 aliphatic heterocycles. The van der Waals surface area contributed by atoms with E-state index in [1.165, 1.54) is 23.5 Å². The van der Waals surface area contributed by atoms with Gasteiger partial charge in [-0.2, -0.15) is 0 Å². The Morgan fingerprint density at radius 2 is 2.00 bits per heavy atom. The number of ether oxygens (including phenoxy) is 1. The summed E-state index contributed by atoms with van der Waals surface area (Å²) in [4.78, 5) is 11.9. The Balaban J connectivity index is 2.23. The maximum absolute atomic E-state index is 10.6. The minimum atomic E-state index is -0.422. The molecule has 0 amide bonds. The Labute approximate surface area is 114 Å². The Hall–Kier alpha value is -2.21. The largest absolute Gasteiger partial charge is 0.477 e. The van der Waals surface area contributed by atoms with Crippen LogP contribution in [-0.2, 0) is 4.74 Å². The summed E-state index contributed by atoms with van der Waals surface area (Å²) in [6.07, 6.45) is 0. The Morgan fingerprint density at radius 3 is 2.58 bits per heavy atom. The van der Waals surface area contributed by atoms with Gasteiger partial charge < -0.3 is 4.74 Å². The number of rotatable bonds is 4. The van der Waals surface area contributed by atoms with Crippen molar-refractivity contribution in [2.24, 2.45) is 0 Å². The molecule has 19 heavy (non-hydrogen) atoms. The normalized spacial score (nSPS) is 10.2. The molecule has 0 bridgehead atoms. The van der Waals surface area contributed by atoms with Crippen LogP contribution in [0.25, 0.3) is 10.4 Å². The summed E-state index contributed by atoms with van der Waals surface area (Å²) in [5.74, 6) is 0.153. The number of hydrogen-bond donors (Lipinski definition) is 1. The topological polar surface area (TPSA) is 76.2 Å². The third-order valence-electron chi connectivity index (χ3n) is 2.48. The summed E-state index contributed by atoms with van der Waals surface area (Å²) >= 11 is 1.43. The molecule has 1 heterocycles. The molecule has 0 spiro atoms. The molecule has 0 saturated heterocycles. The van der Waals surface area contributed by atoms with E-state index in [0.29, 0.717) is 6.61 Å². The number of non-ortho nitro benzene ring substituents is 1. The summed E-state index contributed by atoms with van der Waals surface area (Å²) in [5, 5.41) is 18.3. The van der Waals surface area contributed by atoms with Crippen LogP contribution >= 0.6 is 11.3 Å². The third-order valence-corrected chi connectivity index (χ3v) is 3.61. The zero-order valence-corrected chi connectivity index (χ0v) is 11.1. The molecule has 5 nitrogen and oxygen atoms in total. The summed E-state index contributed by atoms with van der Waals surface area (Å²) in [7, 11) is 0. The van der Waals surface area contributed by atoms with E-state index in [1.807, 2.05) is 19.1 Å². The van der Waals surface area contributed by atoms with Crippen molar-refractivity contribution in [2.75, 3.05) is 6.61 Å². The summed E-state index contributed by atoms with van der Waals surface area (Å²) in [5.41, 5.74) is 0.966. The monoisotopic (exact) mass is 276 g/mol. The van der Waals surface area contributed by atoms with Crippen molar-refractivity contribution in [1.82, 2.24) is 0 Å². The number of nitro benzene ring substituents is 1. The number of nitrogens with one attached hydrogen (secondary N) is 1. The van der Waals surface area contributed by atoms with E-state index in [4.69, 9.17) is 10.1 Å². The standard InChI is InChI=1S/C13H12N2O3S/c1-2-18-13(14)12-8-7-11(19-12)9-3-5-10(6-4-9)15(16)17/h3-8,14H,2H2,1H3. The highest BCUT2D eigenvalue weighted by molar-refractivity contribution is 7.17.